The Hall–Kier alpha value is -1.55. The number of carbonyl (C=O) groups excluding carboxylic acids is 1. The molecule has 0 bridgehead atoms. The topological polar surface area (TPSA) is 61.4 Å². The van der Waals surface area contributed by atoms with Crippen molar-refractivity contribution in [3.8, 4) is 5.75 Å². The normalized spacial score (nSPS) is 11.3. The summed E-state index contributed by atoms with van der Waals surface area (Å²) < 4.78 is 0. The number of amides is 1. The first-order chi connectivity index (χ1) is 8.44. The Morgan fingerprint density at radius 2 is 2.00 bits per heavy atom. The molecule has 0 aliphatic heterocycles. The molecule has 0 unspecified atom stereocenters. The molecule has 0 heterocycles. The summed E-state index contributed by atoms with van der Waals surface area (Å²) in [7, 11) is 0. The van der Waals surface area contributed by atoms with Gasteiger partial charge in [-0.1, -0.05) is 25.1 Å². The number of rotatable bonds is 6. The number of aromatic hydroxyl groups is 1. The Balaban J connectivity index is 2.34. The monoisotopic (exact) mass is 250 g/mol. The summed E-state index contributed by atoms with van der Waals surface area (Å²) in [5.41, 5.74) is 0.619. The van der Waals surface area contributed by atoms with E-state index in [2.05, 4.69) is 10.6 Å². The van der Waals surface area contributed by atoms with E-state index in [4.69, 9.17) is 0 Å². The van der Waals surface area contributed by atoms with Crippen LogP contribution in [0, 0.1) is 0 Å². The summed E-state index contributed by atoms with van der Waals surface area (Å²) in [4.78, 5) is 11.7. The number of phenols is 1. The quantitative estimate of drug-likeness (QED) is 0.721. The summed E-state index contributed by atoms with van der Waals surface area (Å²) in [6.07, 6.45) is 0.887. The van der Waals surface area contributed by atoms with Crippen LogP contribution in [0.25, 0.3) is 0 Å². The van der Waals surface area contributed by atoms with Crippen LogP contribution in [0.2, 0.25) is 0 Å². The number of hydrogen-bond donors (Lipinski definition) is 3. The van der Waals surface area contributed by atoms with Gasteiger partial charge >= 0.3 is 0 Å². The molecule has 1 aromatic rings. The van der Waals surface area contributed by atoms with Crippen LogP contribution in [0.15, 0.2) is 24.3 Å². The fraction of sp³-hybridized carbons (Fsp3) is 0.500. The van der Waals surface area contributed by atoms with Gasteiger partial charge in [-0.25, -0.2) is 0 Å². The highest BCUT2D eigenvalue weighted by Gasteiger charge is 2.17. The molecule has 100 valence electrons. The minimum Gasteiger partial charge on any atom is -0.508 e. The van der Waals surface area contributed by atoms with E-state index in [-0.39, 0.29) is 23.7 Å². The summed E-state index contributed by atoms with van der Waals surface area (Å²) in [5, 5.41) is 15.5. The van der Waals surface area contributed by atoms with Gasteiger partial charge in [0.2, 0.25) is 5.91 Å². The molecule has 1 rings (SSSR count). The molecule has 0 aliphatic carbocycles. The molecule has 0 fully saturated rings. The minimum atomic E-state index is -0.173. The van der Waals surface area contributed by atoms with Crippen LogP contribution in [0.3, 0.4) is 0 Å². The average Bonchev–Trinajstić information content (AvgIpc) is 2.31. The standard InChI is InChI=1S/C14H22N2O2/c1-4-14(2,3)16-13(18)10-15-9-11-7-5-6-8-12(11)17/h5-8,15,17H,4,9-10H2,1-3H3,(H,16,18). The first kappa shape index (κ1) is 14.5. The van der Waals surface area contributed by atoms with Crippen LogP contribution < -0.4 is 10.6 Å². The van der Waals surface area contributed by atoms with Crippen LogP contribution >= 0.6 is 0 Å². The Morgan fingerprint density at radius 1 is 1.33 bits per heavy atom. The summed E-state index contributed by atoms with van der Waals surface area (Å²) in [5.74, 6) is 0.219. The van der Waals surface area contributed by atoms with E-state index in [0.29, 0.717) is 6.54 Å². The van der Waals surface area contributed by atoms with Crippen molar-refractivity contribution in [3.63, 3.8) is 0 Å². The number of phenolic OH excluding ortho intramolecular Hbond substituents is 1. The zero-order chi connectivity index (χ0) is 13.6. The summed E-state index contributed by atoms with van der Waals surface area (Å²) in [6.45, 7) is 6.75. The SMILES string of the molecule is CCC(C)(C)NC(=O)CNCc1ccccc1O. The van der Waals surface area contributed by atoms with Gasteiger partial charge < -0.3 is 15.7 Å². The molecule has 4 nitrogen and oxygen atoms in total. The van der Waals surface area contributed by atoms with E-state index < -0.39 is 0 Å². The molecule has 0 aliphatic rings. The van der Waals surface area contributed by atoms with Crippen LogP contribution in [-0.2, 0) is 11.3 Å². The highest BCUT2D eigenvalue weighted by atomic mass is 16.3. The number of carbonyl (C=O) groups is 1. The lowest BCUT2D eigenvalue weighted by atomic mass is 10.0. The lowest BCUT2D eigenvalue weighted by Gasteiger charge is -2.24. The zero-order valence-electron chi connectivity index (χ0n) is 11.3. The Labute approximate surface area is 108 Å². The van der Waals surface area contributed by atoms with Crippen molar-refractivity contribution in [2.24, 2.45) is 0 Å². The summed E-state index contributed by atoms with van der Waals surface area (Å²) in [6, 6.07) is 7.10. The van der Waals surface area contributed by atoms with Gasteiger partial charge in [0.05, 0.1) is 6.54 Å². The van der Waals surface area contributed by atoms with Crippen LogP contribution in [0.1, 0.15) is 32.8 Å². The largest absolute Gasteiger partial charge is 0.508 e. The minimum absolute atomic E-state index is 0.0303. The van der Waals surface area contributed by atoms with E-state index in [1.54, 1.807) is 12.1 Å². The molecule has 1 aromatic carbocycles. The van der Waals surface area contributed by atoms with E-state index in [1.165, 1.54) is 0 Å². The van der Waals surface area contributed by atoms with Gasteiger partial charge in [0, 0.05) is 17.6 Å². The maximum Gasteiger partial charge on any atom is 0.234 e. The molecular weight excluding hydrogens is 228 g/mol. The third kappa shape index (κ3) is 4.75. The van der Waals surface area contributed by atoms with E-state index in [0.717, 1.165) is 12.0 Å². The molecule has 0 aromatic heterocycles. The molecule has 0 spiro atoms. The highest BCUT2D eigenvalue weighted by Crippen LogP contribution is 2.14. The lowest BCUT2D eigenvalue weighted by Crippen LogP contribution is -2.46. The van der Waals surface area contributed by atoms with Crippen LogP contribution in [0.4, 0.5) is 0 Å². The molecular formula is C14H22N2O2. The Bertz CT molecular complexity index is 403. The third-order valence-electron chi connectivity index (χ3n) is 2.95. The van der Waals surface area contributed by atoms with Crippen molar-refractivity contribution in [2.75, 3.05) is 6.54 Å². The van der Waals surface area contributed by atoms with E-state index in [1.807, 2.05) is 32.9 Å². The highest BCUT2D eigenvalue weighted by molar-refractivity contribution is 5.78. The second-order valence-corrected chi connectivity index (χ2v) is 5.02. The molecule has 0 atom stereocenters. The fourth-order valence-corrected chi connectivity index (χ4v) is 1.48. The van der Waals surface area contributed by atoms with Crippen molar-refractivity contribution in [1.82, 2.24) is 10.6 Å². The van der Waals surface area contributed by atoms with Gasteiger partial charge in [-0.2, -0.15) is 0 Å². The molecule has 1 amide bonds. The fourth-order valence-electron chi connectivity index (χ4n) is 1.48. The first-order valence-corrected chi connectivity index (χ1v) is 6.23. The van der Waals surface area contributed by atoms with Gasteiger partial charge in [0.15, 0.2) is 0 Å². The van der Waals surface area contributed by atoms with Gasteiger partial charge in [0.25, 0.3) is 0 Å². The van der Waals surface area contributed by atoms with E-state index >= 15 is 0 Å². The van der Waals surface area contributed by atoms with Crippen molar-refractivity contribution in [2.45, 2.75) is 39.3 Å². The van der Waals surface area contributed by atoms with Gasteiger partial charge in [-0.05, 0) is 26.3 Å². The second kappa shape index (κ2) is 6.40. The number of benzene rings is 1. The average molecular weight is 250 g/mol. The Morgan fingerprint density at radius 3 is 2.61 bits per heavy atom. The Kier molecular flexibility index (Phi) is 5.16. The van der Waals surface area contributed by atoms with Gasteiger partial charge in [-0.3, -0.25) is 4.79 Å². The van der Waals surface area contributed by atoms with Crippen molar-refractivity contribution >= 4 is 5.91 Å². The zero-order valence-corrected chi connectivity index (χ0v) is 11.3. The van der Waals surface area contributed by atoms with Crippen LogP contribution in [-0.4, -0.2) is 23.1 Å². The molecule has 0 radical (unpaired) electrons. The number of para-hydroxylation sites is 1. The van der Waals surface area contributed by atoms with Crippen molar-refractivity contribution in [3.05, 3.63) is 29.8 Å². The molecule has 0 saturated heterocycles. The van der Waals surface area contributed by atoms with Gasteiger partial charge in [-0.15, -0.1) is 0 Å². The van der Waals surface area contributed by atoms with Crippen molar-refractivity contribution < 1.29 is 9.90 Å². The molecule has 3 N–H and O–H groups in total. The lowest BCUT2D eigenvalue weighted by molar-refractivity contribution is -0.121. The summed E-state index contributed by atoms with van der Waals surface area (Å²) >= 11 is 0. The molecule has 4 heteroatoms. The smallest absolute Gasteiger partial charge is 0.234 e. The molecule has 18 heavy (non-hydrogen) atoms. The first-order valence-electron chi connectivity index (χ1n) is 6.23. The third-order valence-corrected chi connectivity index (χ3v) is 2.95. The maximum atomic E-state index is 11.7. The second-order valence-electron chi connectivity index (χ2n) is 5.02. The van der Waals surface area contributed by atoms with Gasteiger partial charge in [0.1, 0.15) is 5.75 Å². The van der Waals surface area contributed by atoms with Crippen molar-refractivity contribution in [1.29, 1.82) is 0 Å². The maximum absolute atomic E-state index is 11.7. The predicted molar refractivity (Wildman–Crippen MR) is 72.3 cm³/mol. The predicted octanol–water partition coefficient (Wildman–Crippen LogP) is 1.79. The van der Waals surface area contributed by atoms with Crippen LogP contribution in [0.5, 0.6) is 5.75 Å². The number of hydrogen-bond acceptors (Lipinski definition) is 3. The number of nitrogens with one attached hydrogen (secondary N) is 2. The molecule has 0 saturated carbocycles. The van der Waals surface area contributed by atoms with E-state index in [9.17, 15) is 9.90 Å².